The molecule has 0 aromatic carbocycles. The topological polar surface area (TPSA) is 51.8 Å². The minimum Gasteiger partial charge on any atom is -0.396 e. The van der Waals surface area contributed by atoms with E-state index in [1.165, 1.54) is 12.6 Å². The zero-order valence-corrected chi connectivity index (χ0v) is 10.6. The monoisotopic (exact) mass is 255 g/mol. The van der Waals surface area contributed by atoms with Crippen molar-refractivity contribution in [2.24, 2.45) is 5.92 Å². The van der Waals surface area contributed by atoms with E-state index in [0.717, 1.165) is 31.6 Å². The molecule has 1 fully saturated rings. The van der Waals surface area contributed by atoms with E-state index in [4.69, 9.17) is 5.73 Å². The average Bonchev–Trinajstić information content (AvgIpc) is 2.39. The number of rotatable bonds is 3. The second-order valence-corrected chi connectivity index (χ2v) is 5.00. The molecular weight excluding hydrogens is 236 g/mol. The van der Waals surface area contributed by atoms with Crippen molar-refractivity contribution in [3.05, 3.63) is 17.7 Å². The van der Waals surface area contributed by atoms with E-state index in [2.05, 4.69) is 16.9 Å². The number of nitrogen functional groups attached to an aromatic ring is 1. The maximum Gasteiger partial charge on any atom is 0.282 e. The summed E-state index contributed by atoms with van der Waals surface area (Å²) in [4.78, 5) is 8.09. The van der Waals surface area contributed by atoms with Crippen molar-refractivity contribution in [3.8, 4) is 0 Å². The molecule has 0 amide bonds. The van der Waals surface area contributed by atoms with Gasteiger partial charge in [0.05, 0.1) is 11.9 Å². The van der Waals surface area contributed by atoms with Gasteiger partial charge in [-0.3, -0.25) is 0 Å². The van der Waals surface area contributed by atoms with Gasteiger partial charge in [-0.1, -0.05) is 13.3 Å². The van der Waals surface area contributed by atoms with E-state index in [0.29, 0.717) is 5.82 Å². The highest BCUT2D eigenvalue weighted by Gasteiger charge is 2.25. The maximum absolute atomic E-state index is 12.7. The molecule has 0 bridgehead atoms. The number of hydrogen-bond acceptors (Lipinski definition) is 3. The van der Waals surface area contributed by atoms with Crippen molar-refractivity contribution in [1.29, 1.82) is 0 Å². The molecule has 1 aromatic rings. The molecule has 0 saturated heterocycles. The first-order valence-corrected chi connectivity index (χ1v) is 6.52. The summed E-state index contributed by atoms with van der Waals surface area (Å²) >= 11 is 0. The fourth-order valence-corrected chi connectivity index (χ4v) is 2.62. The van der Waals surface area contributed by atoms with Crippen LogP contribution in [0.5, 0.6) is 0 Å². The smallest absolute Gasteiger partial charge is 0.282 e. The summed E-state index contributed by atoms with van der Waals surface area (Å²) in [6.07, 6.45) is 4.14. The van der Waals surface area contributed by atoms with Crippen LogP contribution >= 0.6 is 0 Å². The van der Waals surface area contributed by atoms with Gasteiger partial charge in [0.15, 0.2) is 0 Å². The SMILES string of the molecule is CCC1CCC(c2ncc(N)c(C(F)F)n2)CC1. The largest absolute Gasteiger partial charge is 0.396 e. The summed E-state index contributed by atoms with van der Waals surface area (Å²) in [6.45, 7) is 2.19. The molecule has 2 rings (SSSR count). The van der Waals surface area contributed by atoms with Crippen molar-refractivity contribution >= 4 is 5.69 Å². The van der Waals surface area contributed by atoms with Crippen LogP contribution in [-0.4, -0.2) is 9.97 Å². The third kappa shape index (κ3) is 2.76. The maximum atomic E-state index is 12.7. The molecule has 2 N–H and O–H groups in total. The Morgan fingerprint density at radius 2 is 2.00 bits per heavy atom. The van der Waals surface area contributed by atoms with E-state index >= 15 is 0 Å². The van der Waals surface area contributed by atoms with Crippen molar-refractivity contribution < 1.29 is 8.78 Å². The molecule has 0 radical (unpaired) electrons. The second kappa shape index (κ2) is 5.59. The Hall–Kier alpha value is -1.26. The van der Waals surface area contributed by atoms with E-state index in [1.54, 1.807) is 0 Å². The molecule has 18 heavy (non-hydrogen) atoms. The van der Waals surface area contributed by atoms with Gasteiger partial charge in [-0.05, 0) is 31.6 Å². The summed E-state index contributed by atoms with van der Waals surface area (Å²) in [5, 5.41) is 0. The lowest BCUT2D eigenvalue weighted by Gasteiger charge is -2.26. The highest BCUT2D eigenvalue weighted by atomic mass is 19.3. The van der Waals surface area contributed by atoms with Gasteiger partial charge in [0.25, 0.3) is 6.43 Å². The number of alkyl halides is 2. The van der Waals surface area contributed by atoms with E-state index in [-0.39, 0.29) is 17.3 Å². The Morgan fingerprint density at radius 1 is 1.33 bits per heavy atom. The van der Waals surface area contributed by atoms with Crippen LogP contribution in [0.2, 0.25) is 0 Å². The van der Waals surface area contributed by atoms with Crippen LogP contribution in [0, 0.1) is 5.92 Å². The lowest BCUT2D eigenvalue weighted by molar-refractivity contribution is 0.146. The molecule has 0 aliphatic heterocycles. The minimum absolute atomic E-state index is 0.0176. The zero-order chi connectivity index (χ0) is 13.1. The van der Waals surface area contributed by atoms with Gasteiger partial charge < -0.3 is 5.73 Å². The molecule has 5 heteroatoms. The van der Waals surface area contributed by atoms with Crippen LogP contribution in [0.4, 0.5) is 14.5 Å². The predicted molar refractivity (Wildman–Crippen MR) is 66.4 cm³/mol. The molecular formula is C13H19F2N3. The molecule has 0 spiro atoms. The lowest BCUT2D eigenvalue weighted by atomic mass is 9.80. The van der Waals surface area contributed by atoms with Crippen LogP contribution < -0.4 is 5.73 Å². The molecule has 1 aliphatic rings. The molecule has 100 valence electrons. The van der Waals surface area contributed by atoms with Crippen LogP contribution in [-0.2, 0) is 0 Å². The fraction of sp³-hybridized carbons (Fsp3) is 0.692. The number of aromatic nitrogens is 2. The standard InChI is InChI=1S/C13H19F2N3/c1-2-8-3-5-9(6-4-8)13-17-7-10(16)11(18-13)12(14)15/h7-9,12H,2-6,16H2,1H3. The highest BCUT2D eigenvalue weighted by molar-refractivity contribution is 5.41. The Balaban J connectivity index is 2.12. The lowest BCUT2D eigenvalue weighted by Crippen LogP contribution is -2.16. The molecule has 1 aromatic heterocycles. The van der Waals surface area contributed by atoms with Gasteiger partial charge in [0.2, 0.25) is 0 Å². The quantitative estimate of drug-likeness (QED) is 0.896. The van der Waals surface area contributed by atoms with Crippen LogP contribution in [0.3, 0.4) is 0 Å². The van der Waals surface area contributed by atoms with Crippen molar-refractivity contribution in [2.45, 2.75) is 51.4 Å². The van der Waals surface area contributed by atoms with E-state index < -0.39 is 6.43 Å². The Kier molecular flexibility index (Phi) is 4.09. The van der Waals surface area contributed by atoms with Gasteiger partial charge in [-0.2, -0.15) is 0 Å². The molecule has 1 aliphatic carbocycles. The van der Waals surface area contributed by atoms with E-state index in [9.17, 15) is 8.78 Å². The first-order valence-electron chi connectivity index (χ1n) is 6.52. The molecule has 1 saturated carbocycles. The van der Waals surface area contributed by atoms with Gasteiger partial charge >= 0.3 is 0 Å². The Morgan fingerprint density at radius 3 is 2.56 bits per heavy atom. The molecule has 1 heterocycles. The Labute approximate surface area is 106 Å². The highest BCUT2D eigenvalue weighted by Crippen LogP contribution is 2.36. The summed E-state index contributed by atoms with van der Waals surface area (Å²) in [6, 6.07) is 0. The average molecular weight is 255 g/mol. The zero-order valence-electron chi connectivity index (χ0n) is 10.6. The van der Waals surface area contributed by atoms with Gasteiger partial charge in [0.1, 0.15) is 11.5 Å². The molecule has 3 nitrogen and oxygen atoms in total. The van der Waals surface area contributed by atoms with Crippen LogP contribution in [0.15, 0.2) is 6.20 Å². The van der Waals surface area contributed by atoms with Crippen LogP contribution in [0.1, 0.15) is 62.9 Å². The number of anilines is 1. The third-order valence-electron chi connectivity index (χ3n) is 3.86. The van der Waals surface area contributed by atoms with Crippen molar-refractivity contribution in [3.63, 3.8) is 0 Å². The summed E-state index contributed by atoms with van der Waals surface area (Å²) < 4.78 is 25.4. The van der Waals surface area contributed by atoms with Gasteiger partial charge in [-0.25, -0.2) is 18.7 Å². The number of nitrogens with two attached hydrogens (primary N) is 1. The first-order chi connectivity index (χ1) is 8.61. The molecule has 0 atom stereocenters. The van der Waals surface area contributed by atoms with Crippen molar-refractivity contribution in [1.82, 2.24) is 9.97 Å². The fourth-order valence-electron chi connectivity index (χ4n) is 2.62. The van der Waals surface area contributed by atoms with Crippen molar-refractivity contribution in [2.75, 3.05) is 5.73 Å². The van der Waals surface area contributed by atoms with Gasteiger partial charge in [-0.15, -0.1) is 0 Å². The second-order valence-electron chi connectivity index (χ2n) is 5.00. The van der Waals surface area contributed by atoms with Gasteiger partial charge in [0, 0.05) is 5.92 Å². The van der Waals surface area contributed by atoms with Crippen LogP contribution in [0.25, 0.3) is 0 Å². The first kappa shape index (κ1) is 13.2. The molecule has 0 unspecified atom stereocenters. The summed E-state index contributed by atoms with van der Waals surface area (Å²) in [7, 11) is 0. The number of halogens is 2. The third-order valence-corrected chi connectivity index (χ3v) is 3.86. The minimum atomic E-state index is -2.63. The normalized spacial score (nSPS) is 24.4. The summed E-state index contributed by atoms with van der Waals surface area (Å²) in [5.41, 5.74) is 5.12. The number of nitrogens with zero attached hydrogens (tertiary/aromatic N) is 2. The predicted octanol–water partition coefficient (Wildman–Crippen LogP) is 3.68. The number of hydrogen-bond donors (Lipinski definition) is 1. The van der Waals surface area contributed by atoms with E-state index in [1.807, 2.05) is 0 Å². The summed E-state index contributed by atoms with van der Waals surface area (Å²) in [5.74, 6) is 1.52. The Bertz CT molecular complexity index is 401.